The molecule has 0 aliphatic rings. The standard InChI is InChI=1S/C14H24O2S/c17-12-7-5-3-1-2-4-6-10-15-13-14-9-8-11-16-14/h8-9,11,17H,1-7,10,12-13H2. The van der Waals surface area contributed by atoms with Crippen LogP contribution >= 0.6 is 12.6 Å². The van der Waals surface area contributed by atoms with Crippen molar-refractivity contribution in [1.82, 2.24) is 0 Å². The molecular formula is C14H24O2S. The van der Waals surface area contributed by atoms with Gasteiger partial charge in [0.1, 0.15) is 12.4 Å². The minimum Gasteiger partial charge on any atom is -0.467 e. The van der Waals surface area contributed by atoms with Crippen molar-refractivity contribution in [2.24, 2.45) is 0 Å². The first kappa shape index (κ1) is 14.7. The SMILES string of the molecule is SCCCCCCCCCOCc1ccco1. The zero-order valence-electron chi connectivity index (χ0n) is 10.6. The topological polar surface area (TPSA) is 22.4 Å². The van der Waals surface area contributed by atoms with Crippen molar-refractivity contribution in [1.29, 1.82) is 0 Å². The van der Waals surface area contributed by atoms with Crippen molar-refractivity contribution in [3.63, 3.8) is 0 Å². The van der Waals surface area contributed by atoms with Crippen LogP contribution in [0.25, 0.3) is 0 Å². The van der Waals surface area contributed by atoms with E-state index in [-0.39, 0.29) is 0 Å². The molecule has 0 atom stereocenters. The summed E-state index contributed by atoms with van der Waals surface area (Å²) < 4.78 is 10.7. The molecule has 2 nitrogen and oxygen atoms in total. The van der Waals surface area contributed by atoms with Gasteiger partial charge >= 0.3 is 0 Å². The zero-order chi connectivity index (χ0) is 12.2. The molecule has 98 valence electrons. The molecule has 0 saturated heterocycles. The summed E-state index contributed by atoms with van der Waals surface area (Å²) >= 11 is 4.20. The van der Waals surface area contributed by atoms with Gasteiger partial charge in [0, 0.05) is 6.61 Å². The minimum atomic E-state index is 0.606. The van der Waals surface area contributed by atoms with Crippen LogP contribution in [-0.4, -0.2) is 12.4 Å². The highest BCUT2D eigenvalue weighted by Crippen LogP contribution is 2.08. The number of furan rings is 1. The van der Waals surface area contributed by atoms with Gasteiger partial charge in [-0.3, -0.25) is 0 Å². The Morgan fingerprint density at radius 1 is 1.00 bits per heavy atom. The van der Waals surface area contributed by atoms with E-state index in [4.69, 9.17) is 9.15 Å². The van der Waals surface area contributed by atoms with Gasteiger partial charge in [-0.25, -0.2) is 0 Å². The molecule has 3 heteroatoms. The second-order valence-electron chi connectivity index (χ2n) is 4.33. The molecule has 17 heavy (non-hydrogen) atoms. The van der Waals surface area contributed by atoms with Gasteiger partial charge in [0.15, 0.2) is 0 Å². The number of hydrogen-bond donors (Lipinski definition) is 1. The summed E-state index contributed by atoms with van der Waals surface area (Å²) in [4.78, 5) is 0. The summed E-state index contributed by atoms with van der Waals surface area (Å²) in [7, 11) is 0. The van der Waals surface area contributed by atoms with Crippen LogP contribution in [-0.2, 0) is 11.3 Å². The van der Waals surface area contributed by atoms with E-state index in [2.05, 4.69) is 12.6 Å². The summed E-state index contributed by atoms with van der Waals surface area (Å²) in [5, 5.41) is 0. The molecule has 0 aliphatic heterocycles. The summed E-state index contributed by atoms with van der Waals surface area (Å²) in [5.41, 5.74) is 0. The third-order valence-electron chi connectivity index (χ3n) is 2.77. The van der Waals surface area contributed by atoms with E-state index in [9.17, 15) is 0 Å². The van der Waals surface area contributed by atoms with E-state index in [0.717, 1.165) is 24.5 Å². The normalized spacial score (nSPS) is 10.9. The Morgan fingerprint density at radius 2 is 1.71 bits per heavy atom. The van der Waals surface area contributed by atoms with Gasteiger partial charge in [-0.15, -0.1) is 0 Å². The second-order valence-corrected chi connectivity index (χ2v) is 4.78. The Hall–Kier alpha value is -0.410. The third kappa shape index (κ3) is 8.33. The summed E-state index contributed by atoms with van der Waals surface area (Å²) in [6.45, 7) is 1.45. The third-order valence-corrected chi connectivity index (χ3v) is 3.09. The van der Waals surface area contributed by atoms with Crippen molar-refractivity contribution in [2.75, 3.05) is 12.4 Å². The number of hydrogen-bond acceptors (Lipinski definition) is 3. The van der Waals surface area contributed by atoms with Crippen LogP contribution in [0.1, 0.15) is 50.7 Å². The van der Waals surface area contributed by atoms with E-state index in [1.54, 1.807) is 6.26 Å². The van der Waals surface area contributed by atoms with Gasteiger partial charge in [0.05, 0.1) is 6.26 Å². The lowest BCUT2D eigenvalue weighted by Crippen LogP contribution is -1.94. The van der Waals surface area contributed by atoms with E-state index < -0.39 is 0 Å². The lowest BCUT2D eigenvalue weighted by molar-refractivity contribution is 0.102. The molecule has 1 heterocycles. The molecule has 0 fully saturated rings. The molecule has 0 spiro atoms. The average Bonchev–Trinajstić information content (AvgIpc) is 2.85. The summed E-state index contributed by atoms with van der Waals surface area (Å²) in [6.07, 6.45) is 10.8. The predicted molar refractivity (Wildman–Crippen MR) is 74.5 cm³/mol. The molecule has 0 saturated carbocycles. The Morgan fingerprint density at radius 3 is 2.35 bits per heavy atom. The number of thiol groups is 1. The van der Waals surface area contributed by atoms with Crippen molar-refractivity contribution in [3.05, 3.63) is 24.2 Å². The maximum absolute atomic E-state index is 5.52. The van der Waals surface area contributed by atoms with Crippen molar-refractivity contribution >= 4 is 12.6 Å². The molecule has 0 aromatic carbocycles. The number of unbranched alkanes of at least 4 members (excludes halogenated alkanes) is 6. The molecule has 1 aromatic heterocycles. The highest BCUT2D eigenvalue weighted by atomic mass is 32.1. The first-order valence-corrected chi connectivity index (χ1v) is 7.27. The van der Waals surface area contributed by atoms with Crippen LogP contribution < -0.4 is 0 Å². The Labute approximate surface area is 110 Å². The fraction of sp³-hybridized carbons (Fsp3) is 0.714. The van der Waals surface area contributed by atoms with Crippen LogP contribution in [0.3, 0.4) is 0 Å². The first-order valence-electron chi connectivity index (χ1n) is 6.64. The molecule has 0 unspecified atom stereocenters. The van der Waals surface area contributed by atoms with E-state index in [0.29, 0.717) is 6.61 Å². The van der Waals surface area contributed by atoms with Gasteiger partial charge in [-0.05, 0) is 30.7 Å². The predicted octanol–water partition coefficient (Wildman–Crippen LogP) is 4.46. The molecular weight excluding hydrogens is 232 g/mol. The van der Waals surface area contributed by atoms with Crippen LogP contribution in [0.15, 0.2) is 22.8 Å². The van der Waals surface area contributed by atoms with Crippen LogP contribution in [0.2, 0.25) is 0 Å². The average molecular weight is 256 g/mol. The van der Waals surface area contributed by atoms with Gasteiger partial charge in [-0.2, -0.15) is 12.6 Å². The maximum Gasteiger partial charge on any atom is 0.129 e. The largest absolute Gasteiger partial charge is 0.467 e. The highest BCUT2D eigenvalue weighted by Gasteiger charge is 1.95. The number of rotatable bonds is 11. The fourth-order valence-electron chi connectivity index (χ4n) is 1.77. The van der Waals surface area contributed by atoms with Crippen molar-refractivity contribution < 1.29 is 9.15 Å². The summed E-state index contributed by atoms with van der Waals surface area (Å²) in [6, 6.07) is 3.84. The van der Waals surface area contributed by atoms with E-state index in [1.165, 1.54) is 38.5 Å². The molecule has 1 rings (SSSR count). The Kier molecular flexibility index (Phi) is 9.24. The second kappa shape index (κ2) is 10.7. The maximum atomic E-state index is 5.52. The van der Waals surface area contributed by atoms with Crippen molar-refractivity contribution in [3.8, 4) is 0 Å². The quantitative estimate of drug-likeness (QED) is 0.466. The molecule has 0 bridgehead atoms. The summed E-state index contributed by atoms with van der Waals surface area (Å²) in [5.74, 6) is 1.94. The molecule has 1 aromatic rings. The Bertz CT molecular complexity index is 247. The van der Waals surface area contributed by atoms with Gasteiger partial charge in [0.2, 0.25) is 0 Å². The fourth-order valence-corrected chi connectivity index (χ4v) is 1.99. The van der Waals surface area contributed by atoms with Crippen LogP contribution in [0.5, 0.6) is 0 Å². The number of ether oxygens (including phenoxy) is 1. The van der Waals surface area contributed by atoms with Crippen molar-refractivity contribution in [2.45, 2.75) is 51.6 Å². The van der Waals surface area contributed by atoms with E-state index in [1.807, 2.05) is 12.1 Å². The Balaban J connectivity index is 1.76. The van der Waals surface area contributed by atoms with Gasteiger partial charge in [-0.1, -0.05) is 32.1 Å². The molecule has 0 aliphatic carbocycles. The monoisotopic (exact) mass is 256 g/mol. The lowest BCUT2D eigenvalue weighted by Gasteiger charge is -2.02. The van der Waals surface area contributed by atoms with Gasteiger partial charge in [0.25, 0.3) is 0 Å². The van der Waals surface area contributed by atoms with Crippen LogP contribution in [0.4, 0.5) is 0 Å². The lowest BCUT2D eigenvalue weighted by atomic mass is 10.1. The minimum absolute atomic E-state index is 0.606. The highest BCUT2D eigenvalue weighted by molar-refractivity contribution is 7.80. The molecule has 0 N–H and O–H groups in total. The molecule has 0 amide bonds. The van der Waals surface area contributed by atoms with E-state index >= 15 is 0 Å². The molecule has 0 radical (unpaired) electrons. The van der Waals surface area contributed by atoms with Crippen LogP contribution in [0, 0.1) is 0 Å². The smallest absolute Gasteiger partial charge is 0.129 e. The zero-order valence-corrected chi connectivity index (χ0v) is 11.5. The van der Waals surface area contributed by atoms with Gasteiger partial charge < -0.3 is 9.15 Å². The first-order chi connectivity index (χ1) is 8.43.